The zero-order valence-electron chi connectivity index (χ0n) is 10.9. The number of benzene rings is 1. The van der Waals surface area contributed by atoms with Gasteiger partial charge in [0.25, 0.3) is 5.91 Å². The monoisotopic (exact) mass is 255 g/mol. The van der Waals surface area contributed by atoms with Gasteiger partial charge in [-0.1, -0.05) is 36.4 Å². The molecule has 1 atom stereocenters. The molecule has 0 aliphatic heterocycles. The Bertz CT molecular complexity index is 615. The van der Waals surface area contributed by atoms with Crippen LogP contribution < -0.4 is 11.2 Å². The van der Waals surface area contributed by atoms with Crippen molar-refractivity contribution in [1.29, 1.82) is 0 Å². The van der Waals surface area contributed by atoms with E-state index < -0.39 is 6.04 Å². The number of amides is 1. The minimum Gasteiger partial charge on any atom is -0.328 e. The van der Waals surface area contributed by atoms with Crippen LogP contribution >= 0.6 is 0 Å². The third kappa shape index (κ3) is 3.63. The van der Waals surface area contributed by atoms with Crippen LogP contribution in [-0.4, -0.2) is 16.5 Å². The highest BCUT2D eigenvalue weighted by Gasteiger charge is 2.05. The lowest BCUT2D eigenvalue weighted by Gasteiger charge is -2.07. The van der Waals surface area contributed by atoms with Gasteiger partial charge >= 0.3 is 0 Å². The number of hydrogen-bond donors (Lipinski definition) is 1. The van der Waals surface area contributed by atoms with Crippen LogP contribution in [0.15, 0.2) is 59.7 Å². The largest absolute Gasteiger partial charge is 0.328 e. The number of carbonyl (C=O) groups is 1. The molecule has 4 nitrogen and oxygen atoms in total. The Morgan fingerprint density at radius 2 is 1.89 bits per heavy atom. The molecular formula is C15H17N3O. The summed E-state index contributed by atoms with van der Waals surface area (Å²) in [5.74, 6) is -0.312. The normalized spacial score (nSPS) is 13.3. The van der Waals surface area contributed by atoms with Gasteiger partial charge in [-0.25, -0.2) is 0 Å². The fourth-order valence-corrected chi connectivity index (χ4v) is 1.70. The number of pyridine rings is 1. The molecule has 4 heteroatoms. The predicted octanol–water partition coefficient (Wildman–Crippen LogP) is 1.31. The fraction of sp³-hybridized carbons (Fsp3) is 0.200. The molecule has 2 aromatic rings. The summed E-state index contributed by atoms with van der Waals surface area (Å²) in [5.41, 5.74) is 7.31. The molecular weight excluding hydrogens is 238 g/mol. The number of nitrogens with two attached hydrogens (primary N) is 1. The molecule has 0 bridgehead atoms. The molecule has 19 heavy (non-hydrogen) atoms. The van der Waals surface area contributed by atoms with Gasteiger partial charge in [0, 0.05) is 12.7 Å². The summed E-state index contributed by atoms with van der Waals surface area (Å²) in [6, 6.07) is 15.0. The third-order valence-electron chi connectivity index (χ3n) is 2.73. The Kier molecular flexibility index (Phi) is 4.26. The summed E-state index contributed by atoms with van der Waals surface area (Å²) < 4.78 is 1.93. The maximum Gasteiger partial charge on any atom is 0.264 e. The van der Waals surface area contributed by atoms with Gasteiger partial charge in [0.15, 0.2) is 0 Å². The molecule has 1 heterocycles. The number of aromatic nitrogens is 1. The van der Waals surface area contributed by atoms with Crippen molar-refractivity contribution in [3.8, 4) is 0 Å². The van der Waals surface area contributed by atoms with Crippen LogP contribution in [-0.2, 0) is 11.3 Å². The first-order chi connectivity index (χ1) is 9.16. The van der Waals surface area contributed by atoms with E-state index in [0.29, 0.717) is 12.0 Å². The second kappa shape index (κ2) is 6.11. The van der Waals surface area contributed by atoms with E-state index in [0.717, 1.165) is 5.56 Å². The second-order valence-corrected chi connectivity index (χ2v) is 4.41. The van der Waals surface area contributed by atoms with E-state index >= 15 is 0 Å². The molecule has 1 unspecified atom stereocenters. The Morgan fingerprint density at radius 3 is 2.58 bits per heavy atom. The van der Waals surface area contributed by atoms with Crippen molar-refractivity contribution in [1.82, 2.24) is 4.57 Å². The molecule has 0 saturated carbocycles. The quantitative estimate of drug-likeness (QED) is 0.899. The van der Waals surface area contributed by atoms with Crippen molar-refractivity contribution in [2.75, 3.05) is 0 Å². The third-order valence-corrected chi connectivity index (χ3v) is 2.73. The number of carbonyl (C=O) groups excluding carboxylic acids is 1. The first kappa shape index (κ1) is 13.2. The standard InChI is InChI=1S/C15H17N3O/c1-12(16)15(19)17-14-9-5-6-10-18(14)11-13-7-3-2-4-8-13/h2-10,12H,11,16H2,1H3. The lowest BCUT2D eigenvalue weighted by atomic mass is 10.2. The first-order valence-corrected chi connectivity index (χ1v) is 6.20. The van der Waals surface area contributed by atoms with Crippen LogP contribution in [0, 0.1) is 0 Å². The lowest BCUT2D eigenvalue weighted by Crippen LogP contribution is -2.29. The average molecular weight is 255 g/mol. The number of rotatable bonds is 3. The minimum atomic E-state index is -0.578. The number of hydrogen-bond acceptors (Lipinski definition) is 2. The van der Waals surface area contributed by atoms with Crippen molar-refractivity contribution in [2.45, 2.75) is 19.5 Å². The summed E-state index contributed by atoms with van der Waals surface area (Å²) in [6.45, 7) is 2.31. The molecule has 1 aromatic heterocycles. The zero-order chi connectivity index (χ0) is 13.7. The van der Waals surface area contributed by atoms with Gasteiger partial charge in [-0.3, -0.25) is 4.79 Å². The zero-order valence-corrected chi connectivity index (χ0v) is 10.9. The van der Waals surface area contributed by atoms with Crippen molar-refractivity contribution in [3.05, 3.63) is 65.8 Å². The van der Waals surface area contributed by atoms with Crippen LogP contribution in [0.2, 0.25) is 0 Å². The molecule has 0 saturated heterocycles. The number of nitrogens with zero attached hydrogens (tertiary/aromatic N) is 2. The second-order valence-electron chi connectivity index (χ2n) is 4.41. The van der Waals surface area contributed by atoms with E-state index in [-0.39, 0.29) is 5.91 Å². The van der Waals surface area contributed by atoms with Crippen LogP contribution in [0.1, 0.15) is 12.5 Å². The van der Waals surface area contributed by atoms with Gasteiger partial charge < -0.3 is 10.3 Å². The van der Waals surface area contributed by atoms with Crippen molar-refractivity contribution < 1.29 is 4.79 Å². The summed E-state index contributed by atoms with van der Waals surface area (Å²) in [7, 11) is 0. The molecule has 1 amide bonds. The fourth-order valence-electron chi connectivity index (χ4n) is 1.70. The van der Waals surface area contributed by atoms with Crippen LogP contribution in [0.5, 0.6) is 0 Å². The van der Waals surface area contributed by atoms with E-state index in [1.807, 2.05) is 59.3 Å². The van der Waals surface area contributed by atoms with Gasteiger partial charge in [-0.2, -0.15) is 4.99 Å². The Morgan fingerprint density at radius 1 is 1.21 bits per heavy atom. The summed E-state index contributed by atoms with van der Waals surface area (Å²) in [4.78, 5) is 15.7. The molecule has 2 N–H and O–H groups in total. The van der Waals surface area contributed by atoms with Gasteiger partial charge in [-0.15, -0.1) is 0 Å². The average Bonchev–Trinajstić information content (AvgIpc) is 2.42. The van der Waals surface area contributed by atoms with Gasteiger partial charge in [0.05, 0.1) is 6.04 Å². The molecule has 0 aliphatic carbocycles. The smallest absolute Gasteiger partial charge is 0.264 e. The summed E-state index contributed by atoms with van der Waals surface area (Å²) in [6.07, 6.45) is 1.90. The molecule has 2 rings (SSSR count). The van der Waals surface area contributed by atoms with E-state index in [2.05, 4.69) is 4.99 Å². The molecule has 0 fully saturated rings. The highest BCUT2D eigenvalue weighted by molar-refractivity contribution is 5.81. The molecule has 0 radical (unpaired) electrons. The van der Waals surface area contributed by atoms with Crippen LogP contribution in [0.4, 0.5) is 0 Å². The summed E-state index contributed by atoms with van der Waals surface area (Å²) in [5, 5.41) is 0. The maximum absolute atomic E-state index is 11.6. The van der Waals surface area contributed by atoms with Crippen molar-refractivity contribution in [2.24, 2.45) is 10.7 Å². The van der Waals surface area contributed by atoms with Gasteiger partial charge in [-0.05, 0) is 24.6 Å². The highest BCUT2D eigenvalue weighted by atomic mass is 16.1. The Balaban J connectivity index is 2.34. The SMILES string of the molecule is CC(N)C(=O)N=c1ccccn1Cc1ccccc1. The van der Waals surface area contributed by atoms with E-state index in [9.17, 15) is 4.79 Å². The minimum absolute atomic E-state index is 0.312. The van der Waals surface area contributed by atoms with E-state index in [1.165, 1.54) is 0 Å². The Labute approximate surface area is 112 Å². The van der Waals surface area contributed by atoms with Crippen molar-refractivity contribution in [3.63, 3.8) is 0 Å². The van der Waals surface area contributed by atoms with E-state index in [1.54, 1.807) is 6.92 Å². The van der Waals surface area contributed by atoms with Gasteiger partial charge in [0.2, 0.25) is 0 Å². The van der Waals surface area contributed by atoms with E-state index in [4.69, 9.17) is 5.73 Å². The lowest BCUT2D eigenvalue weighted by molar-refractivity contribution is -0.118. The topological polar surface area (TPSA) is 60.4 Å². The predicted molar refractivity (Wildman–Crippen MR) is 74.2 cm³/mol. The first-order valence-electron chi connectivity index (χ1n) is 6.20. The van der Waals surface area contributed by atoms with Crippen molar-refractivity contribution >= 4 is 5.91 Å². The molecule has 98 valence electrons. The van der Waals surface area contributed by atoms with Gasteiger partial charge in [0.1, 0.15) is 5.49 Å². The maximum atomic E-state index is 11.6. The molecule has 0 spiro atoms. The summed E-state index contributed by atoms with van der Waals surface area (Å²) >= 11 is 0. The molecule has 1 aromatic carbocycles. The molecule has 0 aliphatic rings. The van der Waals surface area contributed by atoms with Crippen LogP contribution in [0.25, 0.3) is 0 Å². The highest BCUT2D eigenvalue weighted by Crippen LogP contribution is 2.00. The Hall–Kier alpha value is -2.20. The van der Waals surface area contributed by atoms with Crippen LogP contribution in [0.3, 0.4) is 0 Å².